The molecule has 0 amide bonds. The number of fused-ring (bicyclic) bond motifs is 12. The summed E-state index contributed by atoms with van der Waals surface area (Å²) < 4.78 is 10.5. The van der Waals surface area contributed by atoms with Gasteiger partial charge in [-0.15, -0.1) is 11.3 Å². The van der Waals surface area contributed by atoms with Crippen molar-refractivity contribution in [3.8, 4) is 5.69 Å². The molecule has 1 aliphatic rings. The van der Waals surface area contributed by atoms with Gasteiger partial charge in [0.25, 0.3) is 0 Å². The molecule has 0 radical (unpaired) electrons. The van der Waals surface area contributed by atoms with Crippen LogP contribution in [-0.4, -0.2) is 18.7 Å². The van der Waals surface area contributed by atoms with Crippen LogP contribution in [-0.2, 0) is 17.5 Å². The first-order valence-corrected chi connectivity index (χ1v) is 24.3. The first-order chi connectivity index (χ1) is 31.4. The van der Waals surface area contributed by atoms with E-state index in [9.17, 15) is 0 Å². The van der Waals surface area contributed by atoms with Crippen LogP contribution in [0.1, 0.15) is 89.1 Å². The molecule has 0 bridgehead atoms. The summed E-state index contributed by atoms with van der Waals surface area (Å²) in [4.78, 5) is 4.50. The molecule has 0 saturated heterocycles. The normalized spacial score (nSPS) is 16.2. The predicted octanol–water partition coefficient (Wildman–Crippen LogP) is 16.3. The molecule has 3 atom stereocenters. The lowest BCUT2D eigenvalue weighted by Gasteiger charge is -2.38. The number of allylic oxidation sites excluding steroid dienone is 1. The first kappa shape index (κ1) is 39.2. The third-order valence-electron chi connectivity index (χ3n) is 15.0. The molecule has 64 heavy (non-hydrogen) atoms. The second kappa shape index (κ2) is 14.8. The van der Waals surface area contributed by atoms with E-state index in [1.807, 2.05) is 23.7 Å². The summed E-state index contributed by atoms with van der Waals surface area (Å²) in [5.74, 6) is 0.507. The molecule has 1 aliphatic carbocycles. The maximum absolute atomic E-state index is 4.50. The van der Waals surface area contributed by atoms with Crippen molar-refractivity contribution in [1.82, 2.24) is 18.7 Å². The van der Waals surface area contributed by atoms with E-state index in [-0.39, 0.29) is 11.1 Å². The molecule has 6 aromatic carbocycles. The van der Waals surface area contributed by atoms with Crippen molar-refractivity contribution in [2.45, 2.75) is 84.2 Å². The standard InChI is InChI=1S/C59H54N4S/c1-6-30-58(5,62-52-19-13-10-15-42(52)45-25-21-38(4)33-55(45)62)39-22-27-54-47(34-39)44-17-11-14-20-53(44)63(54)59(8-3,31-7-2)40-23-26-51-46(35-40)43-16-9-12-18-50(43)61(51)41-24-28-56-48(36-41)49-37-60-32-29-57(49)64-56/h9-29,32,34-38H,6-8,30-31,33H2,1-5H3. The van der Waals surface area contributed by atoms with Gasteiger partial charge in [-0.2, -0.15) is 0 Å². The molecular weight excluding hydrogens is 797 g/mol. The van der Waals surface area contributed by atoms with E-state index < -0.39 is 0 Å². The fourth-order valence-electron chi connectivity index (χ4n) is 12.2. The number of aromatic nitrogens is 4. The third kappa shape index (κ3) is 5.56. The minimum absolute atomic E-state index is 0.229. The number of thiophene rings is 1. The van der Waals surface area contributed by atoms with Crippen LogP contribution >= 0.6 is 11.3 Å². The topological polar surface area (TPSA) is 27.7 Å². The second-order valence-corrected chi connectivity index (χ2v) is 19.8. The van der Waals surface area contributed by atoms with E-state index in [4.69, 9.17) is 0 Å². The van der Waals surface area contributed by atoms with Gasteiger partial charge in [0.2, 0.25) is 0 Å². The quantitative estimate of drug-likeness (QED) is 0.135. The van der Waals surface area contributed by atoms with E-state index in [1.54, 1.807) is 0 Å². The van der Waals surface area contributed by atoms with E-state index in [0.29, 0.717) is 5.92 Å². The fraction of sp³-hybridized carbons (Fsp3) is 0.237. The largest absolute Gasteiger partial charge is 0.334 e. The number of hydrogen-bond acceptors (Lipinski definition) is 2. The average Bonchev–Trinajstić information content (AvgIpc) is 4.07. The second-order valence-electron chi connectivity index (χ2n) is 18.7. The zero-order valence-electron chi connectivity index (χ0n) is 37.5. The van der Waals surface area contributed by atoms with Gasteiger partial charge < -0.3 is 13.7 Å². The summed E-state index contributed by atoms with van der Waals surface area (Å²) in [6.07, 6.45) is 15.0. The van der Waals surface area contributed by atoms with Crippen molar-refractivity contribution >= 4 is 92.1 Å². The van der Waals surface area contributed by atoms with Crippen LogP contribution < -0.4 is 0 Å². The molecule has 0 spiro atoms. The van der Waals surface area contributed by atoms with Gasteiger partial charge in [-0.1, -0.05) is 119 Å². The van der Waals surface area contributed by atoms with Gasteiger partial charge in [0.15, 0.2) is 0 Å². The van der Waals surface area contributed by atoms with Crippen molar-refractivity contribution in [1.29, 1.82) is 0 Å². The highest BCUT2D eigenvalue weighted by molar-refractivity contribution is 7.25. The van der Waals surface area contributed by atoms with Crippen molar-refractivity contribution in [3.05, 3.63) is 174 Å². The summed E-state index contributed by atoms with van der Waals surface area (Å²) in [6.45, 7) is 12.0. The Kier molecular flexibility index (Phi) is 9.07. The van der Waals surface area contributed by atoms with Crippen LogP contribution in [0.25, 0.3) is 86.5 Å². The summed E-state index contributed by atoms with van der Waals surface area (Å²) in [5.41, 5.74) is 12.7. The van der Waals surface area contributed by atoms with Crippen molar-refractivity contribution < 1.29 is 0 Å². The van der Waals surface area contributed by atoms with Crippen molar-refractivity contribution in [2.75, 3.05) is 0 Å². The van der Waals surface area contributed by atoms with Crippen molar-refractivity contribution in [3.63, 3.8) is 0 Å². The minimum Gasteiger partial charge on any atom is -0.334 e. The molecule has 12 rings (SSSR count). The molecular formula is C59H54N4S. The van der Waals surface area contributed by atoms with Crippen LogP contribution in [0.15, 0.2) is 152 Å². The lowest BCUT2D eigenvalue weighted by atomic mass is 9.81. The Morgan fingerprint density at radius 3 is 2.00 bits per heavy atom. The first-order valence-electron chi connectivity index (χ1n) is 23.5. The van der Waals surface area contributed by atoms with Gasteiger partial charge in [0.1, 0.15) is 0 Å². The number of nitrogens with zero attached hydrogens (tertiary/aromatic N) is 4. The summed E-state index contributed by atoms with van der Waals surface area (Å²) in [5, 5.41) is 9.09. The molecule has 11 aromatic rings. The lowest BCUT2D eigenvalue weighted by molar-refractivity contribution is 0.331. The highest BCUT2D eigenvalue weighted by Crippen LogP contribution is 2.48. The third-order valence-corrected chi connectivity index (χ3v) is 16.2. The van der Waals surface area contributed by atoms with Crippen LogP contribution in [0.5, 0.6) is 0 Å². The Labute approximate surface area is 379 Å². The summed E-state index contributed by atoms with van der Waals surface area (Å²) in [7, 11) is 0. The molecule has 4 nitrogen and oxygen atoms in total. The van der Waals surface area contributed by atoms with E-state index in [2.05, 4.69) is 199 Å². The molecule has 0 N–H and O–H groups in total. The lowest BCUT2D eigenvalue weighted by Crippen LogP contribution is -2.34. The average molecular weight is 851 g/mol. The molecule has 0 fully saturated rings. The molecule has 3 unspecified atom stereocenters. The highest BCUT2D eigenvalue weighted by Gasteiger charge is 2.38. The maximum Gasteiger partial charge on any atom is 0.0700 e. The molecule has 0 saturated carbocycles. The highest BCUT2D eigenvalue weighted by atomic mass is 32.1. The summed E-state index contributed by atoms with van der Waals surface area (Å²) in [6, 6.07) is 51.3. The number of para-hydroxylation sites is 3. The Balaban J connectivity index is 1.06. The van der Waals surface area contributed by atoms with E-state index >= 15 is 0 Å². The van der Waals surface area contributed by atoms with Gasteiger partial charge >= 0.3 is 0 Å². The van der Waals surface area contributed by atoms with Crippen molar-refractivity contribution in [2.24, 2.45) is 5.92 Å². The summed E-state index contributed by atoms with van der Waals surface area (Å²) >= 11 is 1.84. The van der Waals surface area contributed by atoms with Gasteiger partial charge in [-0.05, 0) is 116 Å². The molecule has 5 aromatic heterocycles. The van der Waals surface area contributed by atoms with Crippen LogP contribution in [0.3, 0.4) is 0 Å². The smallest absolute Gasteiger partial charge is 0.0700 e. The number of hydrogen-bond donors (Lipinski definition) is 0. The van der Waals surface area contributed by atoms with Gasteiger partial charge in [-0.3, -0.25) is 4.98 Å². The molecule has 316 valence electrons. The number of pyridine rings is 1. The number of benzene rings is 6. The minimum atomic E-state index is -0.276. The zero-order chi connectivity index (χ0) is 43.3. The Morgan fingerprint density at radius 1 is 0.594 bits per heavy atom. The zero-order valence-corrected chi connectivity index (χ0v) is 38.3. The molecule has 5 heteroatoms. The molecule has 0 aliphatic heterocycles. The Bertz CT molecular complexity index is 3670. The van der Waals surface area contributed by atoms with E-state index in [0.717, 1.165) is 38.5 Å². The van der Waals surface area contributed by atoms with Crippen LogP contribution in [0.4, 0.5) is 0 Å². The van der Waals surface area contributed by atoms with Gasteiger partial charge in [0, 0.05) is 93.0 Å². The SMILES string of the molecule is CCCC(C)(c1ccc2c(c1)c1ccccc1n2C(CC)(CCC)c1ccc2c(c1)c1ccccc1n2-c1ccc2sc3ccncc3c2c1)n1c2c(c3ccccc31)C=CC(C)C2. The monoisotopic (exact) mass is 850 g/mol. The van der Waals surface area contributed by atoms with Gasteiger partial charge in [0.05, 0.1) is 22.1 Å². The van der Waals surface area contributed by atoms with E-state index in [1.165, 1.54) is 103 Å². The van der Waals surface area contributed by atoms with Gasteiger partial charge in [-0.25, -0.2) is 0 Å². The Morgan fingerprint density at radius 2 is 1.22 bits per heavy atom. The van der Waals surface area contributed by atoms with Crippen LogP contribution in [0, 0.1) is 5.92 Å². The fourth-order valence-corrected chi connectivity index (χ4v) is 13.2. The van der Waals surface area contributed by atoms with Crippen LogP contribution in [0.2, 0.25) is 0 Å². The number of rotatable bonds is 10. The Hall–Kier alpha value is -6.43. The molecule has 5 heterocycles. The maximum atomic E-state index is 4.50. The predicted molar refractivity (Wildman–Crippen MR) is 275 cm³/mol.